The molecule has 110 valence electrons. The van der Waals surface area contributed by atoms with Crippen LogP contribution in [0, 0.1) is 16.0 Å². The van der Waals surface area contributed by atoms with Crippen molar-refractivity contribution in [3.05, 3.63) is 28.3 Å². The number of para-hydroxylation sites is 1. The fraction of sp³-hybridized carbons (Fsp3) is 0.500. The standard InChI is InChI=1S/C12H17N3O4S/c1-14(8-9-4-2-5-9)20(18,19)11-7-3-6-10(13)12(11)15(16)17/h3,6-7,9H,2,4-5,8,13H2,1H3. The number of sulfonamides is 1. The number of hydrogen-bond donors (Lipinski definition) is 1. The summed E-state index contributed by atoms with van der Waals surface area (Å²) in [6.07, 6.45) is 3.11. The first-order valence-electron chi connectivity index (χ1n) is 6.33. The lowest BCUT2D eigenvalue weighted by atomic mass is 9.86. The van der Waals surface area contributed by atoms with Crippen molar-refractivity contribution in [2.24, 2.45) is 5.92 Å². The Hall–Kier alpha value is -1.67. The highest BCUT2D eigenvalue weighted by Gasteiger charge is 2.33. The van der Waals surface area contributed by atoms with Crippen molar-refractivity contribution in [3.63, 3.8) is 0 Å². The van der Waals surface area contributed by atoms with Gasteiger partial charge in [0.1, 0.15) is 5.69 Å². The highest BCUT2D eigenvalue weighted by atomic mass is 32.2. The SMILES string of the molecule is CN(CC1CCC1)S(=O)(=O)c1cccc(N)c1[N+](=O)[O-]. The molecule has 1 fully saturated rings. The van der Waals surface area contributed by atoms with E-state index in [1.54, 1.807) is 0 Å². The summed E-state index contributed by atoms with van der Waals surface area (Å²) in [4.78, 5) is 9.95. The van der Waals surface area contributed by atoms with Gasteiger partial charge in [0.15, 0.2) is 4.90 Å². The summed E-state index contributed by atoms with van der Waals surface area (Å²) in [5.74, 6) is 0.342. The van der Waals surface area contributed by atoms with Crippen LogP contribution in [0.5, 0.6) is 0 Å². The van der Waals surface area contributed by atoms with E-state index >= 15 is 0 Å². The van der Waals surface area contributed by atoms with Crippen LogP contribution in [0.3, 0.4) is 0 Å². The van der Waals surface area contributed by atoms with Gasteiger partial charge in [-0.25, -0.2) is 12.7 Å². The molecule has 0 atom stereocenters. The summed E-state index contributed by atoms with van der Waals surface area (Å²) >= 11 is 0. The van der Waals surface area contributed by atoms with Crippen LogP contribution in [0.25, 0.3) is 0 Å². The lowest BCUT2D eigenvalue weighted by Crippen LogP contribution is -2.34. The summed E-state index contributed by atoms with van der Waals surface area (Å²) in [6, 6.07) is 3.95. The van der Waals surface area contributed by atoms with E-state index in [0.29, 0.717) is 12.5 Å². The van der Waals surface area contributed by atoms with Crippen LogP contribution < -0.4 is 5.73 Å². The molecule has 20 heavy (non-hydrogen) atoms. The Labute approximate surface area is 117 Å². The predicted molar refractivity (Wildman–Crippen MR) is 74.7 cm³/mol. The molecule has 8 heteroatoms. The van der Waals surface area contributed by atoms with Crippen LogP contribution in [0.4, 0.5) is 11.4 Å². The van der Waals surface area contributed by atoms with E-state index < -0.39 is 20.6 Å². The van der Waals surface area contributed by atoms with Crippen LogP contribution in [0.2, 0.25) is 0 Å². The molecule has 0 heterocycles. The third-order valence-corrected chi connectivity index (χ3v) is 5.50. The number of nitro groups is 1. The lowest BCUT2D eigenvalue weighted by molar-refractivity contribution is -0.386. The minimum absolute atomic E-state index is 0.145. The van der Waals surface area contributed by atoms with Gasteiger partial charge in [-0.15, -0.1) is 0 Å². The number of benzene rings is 1. The number of nitrogen functional groups attached to an aromatic ring is 1. The first kappa shape index (κ1) is 14.7. The molecule has 1 aliphatic carbocycles. The molecule has 0 aromatic heterocycles. The van der Waals surface area contributed by atoms with Gasteiger partial charge in [-0.05, 0) is 30.9 Å². The number of hydrogen-bond acceptors (Lipinski definition) is 5. The van der Waals surface area contributed by atoms with Crippen LogP contribution >= 0.6 is 0 Å². The summed E-state index contributed by atoms with van der Waals surface area (Å²) in [5, 5.41) is 11.0. The highest BCUT2D eigenvalue weighted by Crippen LogP contribution is 2.33. The van der Waals surface area contributed by atoms with E-state index in [1.165, 1.54) is 29.6 Å². The second-order valence-corrected chi connectivity index (χ2v) is 7.05. The zero-order chi connectivity index (χ0) is 14.9. The molecule has 2 N–H and O–H groups in total. The van der Waals surface area contributed by atoms with Crippen molar-refractivity contribution < 1.29 is 13.3 Å². The summed E-state index contributed by atoms with van der Waals surface area (Å²) in [6.45, 7) is 0.383. The van der Waals surface area contributed by atoms with Crippen LogP contribution in [-0.4, -0.2) is 31.2 Å². The summed E-state index contributed by atoms with van der Waals surface area (Å²) < 4.78 is 26.1. The molecular weight excluding hydrogens is 282 g/mol. The fourth-order valence-electron chi connectivity index (χ4n) is 2.25. The second kappa shape index (κ2) is 5.37. The smallest absolute Gasteiger partial charge is 0.312 e. The Morgan fingerprint density at radius 3 is 2.60 bits per heavy atom. The van der Waals surface area contributed by atoms with Gasteiger partial charge in [0.2, 0.25) is 10.0 Å². The van der Waals surface area contributed by atoms with Crippen LogP contribution in [0.15, 0.2) is 23.1 Å². The molecule has 0 bridgehead atoms. The van der Waals surface area contributed by atoms with E-state index in [9.17, 15) is 18.5 Å². The molecule has 7 nitrogen and oxygen atoms in total. The van der Waals surface area contributed by atoms with E-state index in [-0.39, 0.29) is 10.6 Å². The number of nitrogens with two attached hydrogens (primary N) is 1. The average molecular weight is 299 g/mol. The second-order valence-electron chi connectivity index (χ2n) is 5.03. The zero-order valence-electron chi connectivity index (χ0n) is 11.2. The van der Waals surface area contributed by atoms with Gasteiger partial charge in [0, 0.05) is 13.6 Å². The van der Waals surface area contributed by atoms with Crippen LogP contribution in [0.1, 0.15) is 19.3 Å². The van der Waals surface area contributed by atoms with E-state index in [0.717, 1.165) is 19.3 Å². The maximum Gasteiger partial charge on any atom is 0.312 e. The Morgan fingerprint density at radius 1 is 1.45 bits per heavy atom. The zero-order valence-corrected chi connectivity index (χ0v) is 12.0. The molecule has 2 rings (SSSR count). The Kier molecular flexibility index (Phi) is 3.96. The molecule has 0 spiro atoms. The first-order valence-corrected chi connectivity index (χ1v) is 7.77. The van der Waals surface area contributed by atoms with Crippen molar-refractivity contribution in [3.8, 4) is 0 Å². The molecule has 1 aliphatic rings. The molecule has 0 aliphatic heterocycles. The van der Waals surface area contributed by atoms with Crippen molar-refractivity contribution in [2.45, 2.75) is 24.2 Å². The summed E-state index contributed by atoms with van der Waals surface area (Å²) in [5.41, 5.74) is 4.84. The van der Waals surface area contributed by atoms with Gasteiger partial charge in [-0.1, -0.05) is 12.5 Å². The van der Waals surface area contributed by atoms with Gasteiger partial charge >= 0.3 is 5.69 Å². The third-order valence-electron chi connectivity index (χ3n) is 3.64. The number of nitrogens with zero attached hydrogens (tertiary/aromatic N) is 2. The van der Waals surface area contributed by atoms with Gasteiger partial charge in [0.25, 0.3) is 0 Å². The third kappa shape index (κ3) is 2.61. The molecule has 0 saturated heterocycles. The molecule has 0 amide bonds. The van der Waals surface area contributed by atoms with Crippen molar-refractivity contribution in [1.29, 1.82) is 0 Å². The Balaban J connectivity index is 2.38. The molecule has 0 unspecified atom stereocenters. The minimum atomic E-state index is -3.90. The molecule has 0 radical (unpaired) electrons. The van der Waals surface area contributed by atoms with Crippen molar-refractivity contribution in [2.75, 3.05) is 19.3 Å². The van der Waals surface area contributed by atoms with Gasteiger partial charge in [-0.2, -0.15) is 0 Å². The maximum absolute atomic E-state index is 12.5. The molecule has 1 aromatic carbocycles. The fourth-order valence-corrected chi connectivity index (χ4v) is 3.68. The quantitative estimate of drug-likeness (QED) is 0.505. The van der Waals surface area contributed by atoms with Gasteiger partial charge < -0.3 is 5.73 Å². The van der Waals surface area contributed by atoms with E-state index in [4.69, 9.17) is 5.73 Å². The lowest BCUT2D eigenvalue weighted by Gasteiger charge is -2.29. The molecular formula is C12H17N3O4S. The van der Waals surface area contributed by atoms with E-state index in [2.05, 4.69) is 0 Å². The molecule has 1 aromatic rings. The monoisotopic (exact) mass is 299 g/mol. The Bertz CT molecular complexity index is 626. The number of nitro benzene ring substituents is 1. The summed E-state index contributed by atoms with van der Waals surface area (Å²) in [7, 11) is -2.45. The molecule has 1 saturated carbocycles. The predicted octanol–water partition coefficient (Wildman–Crippen LogP) is 1.60. The Morgan fingerprint density at radius 2 is 2.10 bits per heavy atom. The van der Waals surface area contributed by atoms with Crippen LogP contribution in [-0.2, 0) is 10.0 Å². The first-order chi connectivity index (χ1) is 9.34. The average Bonchev–Trinajstić information content (AvgIpc) is 2.32. The minimum Gasteiger partial charge on any atom is -0.393 e. The normalized spacial score (nSPS) is 16.1. The largest absolute Gasteiger partial charge is 0.393 e. The highest BCUT2D eigenvalue weighted by molar-refractivity contribution is 7.89. The van der Waals surface area contributed by atoms with Crippen molar-refractivity contribution >= 4 is 21.4 Å². The van der Waals surface area contributed by atoms with Crippen molar-refractivity contribution in [1.82, 2.24) is 4.31 Å². The van der Waals surface area contributed by atoms with Gasteiger partial charge in [0.05, 0.1) is 4.92 Å². The number of anilines is 1. The topological polar surface area (TPSA) is 107 Å². The van der Waals surface area contributed by atoms with E-state index in [1.807, 2.05) is 0 Å². The maximum atomic E-state index is 12.5. The number of rotatable bonds is 5. The van der Waals surface area contributed by atoms with Gasteiger partial charge in [-0.3, -0.25) is 10.1 Å².